The van der Waals surface area contributed by atoms with E-state index < -0.39 is 0 Å². The Bertz CT molecular complexity index is 206. The number of hydrogen-bond acceptors (Lipinski definition) is 2. The molecule has 1 radical (unpaired) electrons. The fraction of sp³-hybridized carbons (Fsp3) is 0.700. The minimum absolute atomic E-state index is 0.0347. The third-order valence-corrected chi connectivity index (χ3v) is 2.06. The summed E-state index contributed by atoms with van der Waals surface area (Å²) in [7, 11) is 1.74. The molecule has 0 saturated carbocycles. The van der Waals surface area contributed by atoms with Crippen LogP contribution < -0.4 is 11.1 Å². The number of carbonyl (C=O) groups excluding carboxylic acids is 1. The Hall–Kier alpha value is -1.26. The van der Waals surface area contributed by atoms with Gasteiger partial charge in [0.05, 0.1) is 0 Å². The quantitative estimate of drug-likeness (QED) is 0.323. The van der Waals surface area contributed by atoms with Crippen LogP contribution in [0.15, 0.2) is 0 Å². The summed E-state index contributed by atoms with van der Waals surface area (Å²) in [5.74, 6) is 0.0906. The summed E-state index contributed by atoms with van der Waals surface area (Å²) in [4.78, 5) is 12.8. The summed E-state index contributed by atoms with van der Waals surface area (Å²) >= 11 is 0. The molecule has 15 heavy (non-hydrogen) atoms. The van der Waals surface area contributed by atoms with E-state index in [0.717, 1.165) is 12.8 Å². The Morgan fingerprint density at radius 1 is 1.53 bits per heavy atom. The van der Waals surface area contributed by atoms with Crippen molar-refractivity contribution >= 4 is 11.9 Å². The van der Waals surface area contributed by atoms with Crippen LogP contribution in [0.3, 0.4) is 0 Å². The van der Waals surface area contributed by atoms with Crippen LogP contribution in [-0.4, -0.2) is 36.9 Å². The van der Waals surface area contributed by atoms with E-state index in [1.165, 1.54) is 0 Å². The van der Waals surface area contributed by atoms with E-state index in [2.05, 4.69) is 12.2 Å². The van der Waals surface area contributed by atoms with Crippen molar-refractivity contribution in [3.05, 3.63) is 6.92 Å². The SMILES string of the molecule is [CH2]CCCNC(=O)CCCN(C)C(=N)N. The predicted molar refractivity (Wildman–Crippen MR) is 61.4 cm³/mol. The van der Waals surface area contributed by atoms with Crippen molar-refractivity contribution < 1.29 is 4.79 Å². The fourth-order valence-corrected chi connectivity index (χ4v) is 1.04. The van der Waals surface area contributed by atoms with E-state index in [4.69, 9.17) is 11.1 Å². The van der Waals surface area contributed by atoms with Gasteiger partial charge in [0.1, 0.15) is 0 Å². The number of nitrogens with two attached hydrogens (primary N) is 1. The molecule has 0 aliphatic carbocycles. The van der Waals surface area contributed by atoms with Gasteiger partial charge in [-0.15, -0.1) is 0 Å². The van der Waals surface area contributed by atoms with Crippen molar-refractivity contribution in [1.29, 1.82) is 5.41 Å². The van der Waals surface area contributed by atoms with Gasteiger partial charge in [-0.2, -0.15) is 0 Å². The topological polar surface area (TPSA) is 82.2 Å². The third kappa shape index (κ3) is 7.78. The highest BCUT2D eigenvalue weighted by Gasteiger charge is 2.03. The molecule has 0 saturated heterocycles. The summed E-state index contributed by atoms with van der Waals surface area (Å²) in [5.41, 5.74) is 5.25. The molecule has 5 heteroatoms. The van der Waals surface area contributed by atoms with Crippen LogP contribution in [0.1, 0.15) is 25.7 Å². The Labute approximate surface area is 91.5 Å². The molecule has 87 valence electrons. The molecule has 0 bridgehead atoms. The van der Waals surface area contributed by atoms with Crippen LogP contribution in [-0.2, 0) is 4.79 Å². The van der Waals surface area contributed by atoms with Gasteiger partial charge in [-0.3, -0.25) is 10.2 Å². The molecule has 4 N–H and O–H groups in total. The Morgan fingerprint density at radius 2 is 2.20 bits per heavy atom. The van der Waals surface area contributed by atoms with Gasteiger partial charge >= 0.3 is 0 Å². The first kappa shape index (κ1) is 13.7. The van der Waals surface area contributed by atoms with Crippen molar-refractivity contribution in [1.82, 2.24) is 10.2 Å². The van der Waals surface area contributed by atoms with Gasteiger partial charge in [0.15, 0.2) is 5.96 Å². The highest BCUT2D eigenvalue weighted by atomic mass is 16.1. The minimum atomic E-state index is 0.0347. The predicted octanol–water partition coefficient (Wildman–Crippen LogP) is 0.322. The van der Waals surface area contributed by atoms with Crippen LogP contribution in [0.5, 0.6) is 0 Å². The van der Waals surface area contributed by atoms with Crippen molar-refractivity contribution in [3.8, 4) is 0 Å². The smallest absolute Gasteiger partial charge is 0.220 e. The highest BCUT2D eigenvalue weighted by molar-refractivity contribution is 5.76. The van der Waals surface area contributed by atoms with Crippen molar-refractivity contribution in [3.63, 3.8) is 0 Å². The average molecular weight is 213 g/mol. The van der Waals surface area contributed by atoms with E-state index >= 15 is 0 Å². The maximum atomic E-state index is 11.2. The molecule has 0 rings (SSSR count). The Kier molecular flexibility index (Phi) is 7.40. The van der Waals surface area contributed by atoms with Crippen LogP contribution in [0.25, 0.3) is 0 Å². The maximum absolute atomic E-state index is 11.2. The fourth-order valence-electron chi connectivity index (χ4n) is 1.04. The molecule has 5 nitrogen and oxygen atoms in total. The number of hydrogen-bond donors (Lipinski definition) is 3. The summed E-state index contributed by atoms with van der Waals surface area (Å²) in [6, 6.07) is 0. The van der Waals surface area contributed by atoms with Gasteiger partial charge in [0, 0.05) is 26.6 Å². The van der Waals surface area contributed by atoms with E-state index in [9.17, 15) is 4.79 Å². The number of rotatable bonds is 7. The van der Waals surface area contributed by atoms with Crippen LogP contribution >= 0.6 is 0 Å². The molecular weight excluding hydrogens is 192 g/mol. The molecule has 0 atom stereocenters. The average Bonchev–Trinajstić information content (AvgIpc) is 2.18. The summed E-state index contributed by atoms with van der Waals surface area (Å²) in [6.07, 6.45) is 2.95. The lowest BCUT2D eigenvalue weighted by atomic mass is 10.2. The summed E-state index contributed by atoms with van der Waals surface area (Å²) in [5, 5.41) is 9.92. The second kappa shape index (κ2) is 8.08. The number of carbonyl (C=O) groups is 1. The number of guanidine groups is 1. The van der Waals surface area contributed by atoms with Crippen molar-refractivity contribution in [2.75, 3.05) is 20.1 Å². The number of nitrogens with zero attached hydrogens (tertiary/aromatic N) is 1. The molecule has 0 aromatic heterocycles. The van der Waals surface area contributed by atoms with Crippen LogP contribution in [0.2, 0.25) is 0 Å². The molecule has 0 aliphatic rings. The molecule has 1 amide bonds. The second-order valence-corrected chi connectivity index (χ2v) is 3.47. The lowest BCUT2D eigenvalue weighted by molar-refractivity contribution is -0.121. The molecule has 0 aliphatic heterocycles. The first-order valence-corrected chi connectivity index (χ1v) is 5.19. The van der Waals surface area contributed by atoms with E-state index in [0.29, 0.717) is 25.9 Å². The van der Waals surface area contributed by atoms with E-state index in [-0.39, 0.29) is 11.9 Å². The molecular formula is C10H21N4O. The maximum Gasteiger partial charge on any atom is 0.220 e. The van der Waals surface area contributed by atoms with Crippen LogP contribution in [0, 0.1) is 12.3 Å². The third-order valence-electron chi connectivity index (χ3n) is 2.06. The van der Waals surface area contributed by atoms with Gasteiger partial charge < -0.3 is 16.0 Å². The largest absolute Gasteiger partial charge is 0.370 e. The lowest BCUT2D eigenvalue weighted by Crippen LogP contribution is -2.34. The Balaban J connectivity index is 3.42. The summed E-state index contributed by atoms with van der Waals surface area (Å²) < 4.78 is 0. The minimum Gasteiger partial charge on any atom is -0.370 e. The van der Waals surface area contributed by atoms with Gasteiger partial charge in [-0.25, -0.2) is 0 Å². The first-order chi connectivity index (χ1) is 7.07. The molecule has 0 fully saturated rings. The summed E-state index contributed by atoms with van der Waals surface area (Å²) in [6.45, 7) is 5.03. The zero-order chi connectivity index (χ0) is 11.7. The van der Waals surface area contributed by atoms with Gasteiger partial charge in [-0.1, -0.05) is 13.3 Å². The first-order valence-electron chi connectivity index (χ1n) is 5.19. The van der Waals surface area contributed by atoms with Gasteiger partial charge in [0.2, 0.25) is 5.91 Å². The molecule has 0 unspecified atom stereocenters. The normalized spacial score (nSPS) is 9.73. The highest BCUT2D eigenvalue weighted by Crippen LogP contribution is 1.92. The molecule has 0 heterocycles. The zero-order valence-electron chi connectivity index (χ0n) is 9.38. The van der Waals surface area contributed by atoms with Crippen LogP contribution in [0.4, 0.5) is 0 Å². The molecule has 0 aromatic carbocycles. The van der Waals surface area contributed by atoms with Crippen molar-refractivity contribution in [2.45, 2.75) is 25.7 Å². The van der Waals surface area contributed by atoms with Gasteiger partial charge in [-0.05, 0) is 12.8 Å². The van der Waals surface area contributed by atoms with E-state index in [1.807, 2.05) is 0 Å². The molecule has 0 spiro atoms. The number of unbranched alkanes of at least 4 members (excludes halogenated alkanes) is 1. The second-order valence-electron chi connectivity index (χ2n) is 3.47. The van der Waals surface area contributed by atoms with E-state index in [1.54, 1.807) is 11.9 Å². The zero-order valence-corrected chi connectivity index (χ0v) is 9.38. The molecule has 0 aromatic rings. The standard InChI is InChI=1S/C10H21N4O/c1-3-4-7-13-9(15)6-5-8-14(2)10(11)12/h1,3-8H2,2H3,(H3,11,12)(H,13,15). The number of amides is 1. The lowest BCUT2D eigenvalue weighted by Gasteiger charge is -2.15. The monoisotopic (exact) mass is 213 g/mol. The number of nitrogens with one attached hydrogen (secondary N) is 2. The van der Waals surface area contributed by atoms with Crippen molar-refractivity contribution in [2.24, 2.45) is 5.73 Å². The Morgan fingerprint density at radius 3 is 2.73 bits per heavy atom. The van der Waals surface area contributed by atoms with Gasteiger partial charge in [0.25, 0.3) is 0 Å².